The standard InChI is InChI=1S/C83H145N2O6P/c1-6-8-10-12-14-16-18-20-22-24-26-28-30-32-34-36-38-39-40-41-42-43-44-45-47-49-51-53-55-57-59-61-63-65-67-69-71-73-75-77-83(87)84-81(80-91-92(88,89)90-79-78-85(3,4)5)82(86)76-74-72-70-68-66-64-62-60-58-56-54-52-50-48-46-37-35-33-31-29-27-25-23-21-19-17-15-13-11-9-7-2/h8,10,14,16,20,22,26,28,32,34,38-39,41-42,44-45,49,51,55,57,61,63,67,69,81-82,86H,6-7,9,11-13,15,17-19,21,23-25,27,29-31,33,35-37,40,43,46-48,50,52-54,56,58-60,62,64-66,68,70-80H2,1-5H3,(H-,84,87,88,89)/p+1/b10-8-,16-14-,22-20-,28-26-,34-32-,39-38-,42-41-,45-44-,51-49-,57-55-,63-61-,69-67-. The number of carbonyl (C=O) groups excluding carboxylic acids is 1. The lowest BCUT2D eigenvalue weighted by Gasteiger charge is -2.26. The van der Waals surface area contributed by atoms with Gasteiger partial charge in [-0.2, -0.15) is 0 Å². The molecule has 3 N–H and O–H groups in total. The second kappa shape index (κ2) is 71.7. The average Bonchev–Trinajstić information content (AvgIpc) is 2.63. The Morgan fingerprint density at radius 2 is 0.652 bits per heavy atom. The van der Waals surface area contributed by atoms with Gasteiger partial charge in [-0.15, -0.1) is 0 Å². The number of phosphoric ester groups is 1. The molecule has 0 aromatic carbocycles. The highest BCUT2D eigenvalue weighted by molar-refractivity contribution is 7.47. The van der Waals surface area contributed by atoms with E-state index in [1.54, 1.807) is 0 Å². The van der Waals surface area contributed by atoms with Crippen LogP contribution in [0.2, 0.25) is 0 Å². The van der Waals surface area contributed by atoms with Gasteiger partial charge in [0.25, 0.3) is 0 Å². The number of phosphoric acid groups is 1. The van der Waals surface area contributed by atoms with E-state index in [-0.39, 0.29) is 19.1 Å². The fraction of sp³-hybridized carbons (Fsp3) is 0.699. The van der Waals surface area contributed by atoms with Gasteiger partial charge in [-0.05, 0) is 103 Å². The Balaban J connectivity index is 4.15. The van der Waals surface area contributed by atoms with Crippen LogP contribution >= 0.6 is 7.82 Å². The molecular weight excluding hydrogens is 1150 g/mol. The number of unbranched alkanes of at least 4 members (excludes halogenated alkanes) is 32. The first-order chi connectivity index (χ1) is 45.0. The first-order valence-electron chi connectivity index (χ1n) is 38.2. The van der Waals surface area contributed by atoms with Crippen molar-refractivity contribution in [2.45, 2.75) is 334 Å². The van der Waals surface area contributed by atoms with Crippen molar-refractivity contribution in [2.75, 3.05) is 40.9 Å². The molecule has 0 saturated carbocycles. The van der Waals surface area contributed by atoms with Gasteiger partial charge in [-0.1, -0.05) is 359 Å². The van der Waals surface area contributed by atoms with Crippen LogP contribution in [-0.2, 0) is 18.4 Å². The topological polar surface area (TPSA) is 105 Å². The van der Waals surface area contributed by atoms with Crippen molar-refractivity contribution in [3.63, 3.8) is 0 Å². The number of nitrogens with zero attached hydrogens (tertiary/aromatic N) is 1. The second-order valence-electron chi connectivity index (χ2n) is 26.7. The first-order valence-corrected chi connectivity index (χ1v) is 39.7. The molecule has 92 heavy (non-hydrogen) atoms. The molecule has 3 atom stereocenters. The van der Waals surface area contributed by atoms with E-state index in [4.69, 9.17) is 9.05 Å². The summed E-state index contributed by atoms with van der Waals surface area (Å²) in [5.41, 5.74) is 0. The summed E-state index contributed by atoms with van der Waals surface area (Å²) in [7, 11) is 1.58. The lowest BCUT2D eigenvalue weighted by molar-refractivity contribution is -0.870. The lowest BCUT2D eigenvalue weighted by Crippen LogP contribution is -2.46. The number of quaternary nitrogens is 1. The molecular formula is C83H146N2O6P+. The molecule has 0 aliphatic carbocycles. The number of aliphatic hydroxyl groups excluding tert-OH is 1. The molecule has 0 fully saturated rings. The van der Waals surface area contributed by atoms with Crippen LogP contribution in [-0.4, -0.2) is 73.4 Å². The number of hydrogen-bond acceptors (Lipinski definition) is 5. The minimum atomic E-state index is -4.36. The van der Waals surface area contributed by atoms with Crippen LogP contribution in [0.1, 0.15) is 322 Å². The summed E-state index contributed by atoms with van der Waals surface area (Å²) in [6.45, 7) is 4.76. The summed E-state index contributed by atoms with van der Waals surface area (Å²) in [6, 6.07) is -0.798. The molecule has 528 valence electrons. The van der Waals surface area contributed by atoms with Gasteiger partial charge in [-0.25, -0.2) is 4.57 Å². The molecule has 1 amide bonds. The Kier molecular flexibility index (Phi) is 68.8. The highest BCUT2D eigenvalue weighted by Gasteiger charge is 2.28. The molecule has 0 spiro atoms. The Morgan fingerprint density at radius 1 is 0.380 bits per heavy atom. The van der Waals surface area contributed by atoms with E-state index in [0.717, 1.165) is 109 Å². The molecule has 0 bridgehead atoms. The molecule has 0 aromatic heterocycles. The van der Waals surface area contributed by atoms with E-state index in [1.807, 2.05) is 21.1 Å². The van der Waals surface area contributed by atoms with Gasteiger partial charge < -0.3 is 19.8 Å². The Bertz CT molecular complexity index is 2020. The van der Waals surface area contributed by atoms with E-state index in [1.165, 1.54) is 180 Å². The zero-order valence-electron chi connectivity index (χ0n) is 60.5. The van der Waals surface area contributed by atoms with Crippen LogP contribution in [0, 0.1) is 0 Å². The zero-order chi connectivity index (χ0) is 66.9. The molecule has 0 saturated heterocycles. The summed E-state index contributed by atoms with van der Waals surface area (Å²) in [5, 5.41) is 14.1. The third-order valence-electron chi connectivity index (χ3n) is 16.6. The Hall–Kier alpha value is -3.62. The fourth-order valence-corrected chi connectivity index (χ4v) is 11.5. The van der Waals surface area contributed by atoms with Crippen molar-refractivity contribution in [3.8, 4) is 0 Å². The van der Waals surface area contributed by atoms with Crippen LogP contribution < -0.4 is 5.32 Å². The van der Waals surface area contributed by atoms with Gasteiger partial charge in [-0.3, -0.25) is 13.8 Å². The van der Waals surface area contributed by atoms with E-state index >= 15 is 0 Å². The minimum absolute atomic E-state index is 0.0590. The predicted octanol–water partition coefficient (Wildman–Crippen LogP) is 25.1. The molecule has 9 heteroatoms. The predicted molar refractivity (Wildman–Crippen MR) is 405 cm³/mol. The average molecular weight is 1300 g/mol. The zero-order valence-corrected chi connectivity index (χ0v) is 61.4. The molecule has 3 unspecified atom stereocenters. The summed E-state index contributed by atoms with van der Waals surface area (Å²) < 4.78 is 23.9. The monoisotopic (exact) mass is 1300 g/mol. The van der Waals surface area contributed by atoms with E-state index in [9.17, 15) is 19.4 Å². The summed E-state index contributed by atoms with van der Waals surface area (Å²) in [4.78, 5) is 23.5. The van der Waals surface area contributed by atoms with Crippen molar-refractivity contribution >= 4 is 13.7 Å². The maximum Gasteiger partial charge on any atom is 0.472 e. The van der Waals surface area contributed by atoms with Crippen LogP contribution in [0.25, 0.3) is 0 Å². The lowest BCUT2D eigenvalue weighted by atomic mass is 10.0. The van der Waals surface area contributed by atoms with Crippen molar-refractivity contribution in [2.24, 2.45) is 0 Å². The second-order valence-corrected chi connectivity index (χ2v) is 28.1. The Morgan fingerprint density at radius 3 is 0.935 bits per heavy atom. The van der Waals surface area contributed by atoms with Gasteiger partial charge >= 0.3 is 7.82 Å². The summed E-state index contributed by atoms with van der Waals surface area (Å²) >= 11 is 0. The maximum atomic E-state index is 13.1. The highest BCUT2D eigenvalue weighted by atomic mass is 31.2. The smallest absolute Gasteiger partial charge is 0.391 e. The van der Waals surface area contributed by atoms with Gasteiger partial charge in [0.15, 0.2) is 0 Å². The van der Waals surface area contributed by atoms with Gasteiger partial charge in [0.1, 0.15) is 13.2 Å². The first kappa shape index (κ1) is 88.4. The normalized spacial score (nSPS) is 14.4. The number of rotatable bonds is 69. The van der Waals surface area contributed by atoms with Gasteiger partial charge in [0.05, 0.1) is 39.9 Å². The molecule has 0 rings (SSSR count). The van der Waals surface area contributed by atoms with Crippen LogP contribution in [0.4, 0.5) is 0 Å². The van der Waals surface area contributed by atoms with Crippen LogP contribution in [0.15, 0.2) is 146 Å². The SMILES string of the molecule is CC/C=C\C/C=C\C/C=C\C/C=C\C/C=C\C/C=C\C/C=C\C/C=C\C/C=C\C/C=C\C/C=C\C/C=C\CCCCC(=O)NC(COP(=O)(O)OCC[N+](C)(C)C)C(O)CCCCCCCCCCCCCCCCCCCCCCCCCCCCCCCCC. The number of aliphatic hydroxyl groups is 1. The fourth-order valence-electron chi connectivity index (χ4n) is 10.7. The molecule has 0 heterocycles. The number of carbonyl (C=O) groups is 1. The number of nitrogens with one attached hydrogen (secondary N) is 1. The molecule has 0 radical (unpaired) electrons. The third-order valence-corrected chi connectivity index (χ3v) is 17.6. The Labute approximate surface area is 569 Å². The molecule has 0 aliphatic heterocycles. The molecule has 8 nitrogen and oxygen atoms in total. The van der Waals surface area contributed by atoms with E-state index < -0.39 is 20.0 Å². The quantitative estimate of drug-likeness (QED) is 0.0243. The van der Waals surface area contributed by atoms with Crippen LogP contribution in [0.3, 0.4) is 0 Å². The maximum absolute atomic E-state index is 13.1. The third kappa shape index (κ3) is 73.8. The van der Waals surface area contributed by atoms with Gasteiger partial charge in [0.2, 0.25) is 5.91 Å². The number of allylic oxidation sites excluding steroid dienone is 24. The van der Waals surface area contributed by atoms with Crippen molar-refractivity contribution in [3.05, 3.63) is 146 Å². The summed E-state index contributed by atoms with van der Waals surface area (Å²) in [5.74, 6) is -0.188. The van der Waals surface area contributed by atoms with Crippen LogP contribution in [0.5, 0.6) is 0 Å². The molecule has 0 aromatic rings. The highest BCUT2D eigenvalue weighted by Crippen LogP contribution is 2.43. The van der Waals surface area contributed by atoms with Crippen molar-refractivity contribution < 1.29 is 32.9 Å². The number of hydrogen-bond donors (Lipinski definition) is 3. The van der Waals surface area contributed by atoms with E-state index in [2.05, 4.69) is 165 Å². The van der Waals surface area contributed by atoms with Crippen molar-refractivity contribution in [1.29, 1.82) is 0 Å². The molecule has 0 aliphatic rings. The van der Waals surface area contributed by atoms with Crippen molar-refractivity contribution in [1.82, 2.24) is 5.32 Å². The van der Waals surface area contributed by atoms with Gasteiger partial charge in [0, 0.05) is 6.42 Å². The number of likely N-dealkylation sites (N-methyl/N-ethyl adjacent to an activating group) is 1. The summed E-state index contributed by atoms with van der Waals surface area (Å²) in [6.07, 6.45) is 110. The van der Waals surface area contributed by atoms with E-state index in [0.29, 0.717) is 30.3 Å². The minimum Gasteiger partial charge on any atom is -0.391 e. The number of amides is 1. The largest absolute Gasteiger partial charge is 0.472 e.